The predicted molar refractivity (Wildman–Crippen MR) is 122 cm³/mol. The third-order valence-electron chi connectivity index (χ3n) is 5.30. The third kappa shape index (κ3) is 3.72. The summed E-state index contributed by atoms with van der Waals surface area (Å²) in [6, 6.07) is 3.50. The van der Waals surface area contributed by atoms with E-state index < -0.39 is 0 Å². The summed E-state index contributed by atoms with van der Waals surface area (Å²) in [6.45, 7) is 10.1. The zero-order valence-electron chi connectivity index (χ0n) is 18.6. The lowest BCUT2D eigenvalue weighted by atomic mass is 9.98. The molecule has 0 spiro atoms. The molecule has 0 atom stereocenters. The molecule has 1 N–H and O–H groups in total. The molecule has 0 fully saturated rings. The zero-order valence-corrected chi connectivity index (χ0v) is 19.4. The molecule has 7 nitrogen and oxygen atoms in total. The highest BCUT2D eigenvalue weighted by atomic mass is 32.1. The maximum atomic E-state index is 13.4. The Kier molecular flexibility index (Phi) is 5.13. The maximum Gasteiger partial charge on any atom is 0.274 e. The number of thiazole rings is 1. The minimum Gasteiger partial charge on any atom is -0.507 e. The normalized spacial score (nSPS) is 12.6. The molecule has 0 aliphatic carbocycles. The van der Waals surface area contributed by atoms with Gasteiger partial charge in [-0.2, -0.15) is 5.10 Å². The second kappa shape index (κ2) is 7.53. The van der Waals surface area contributed by atoms with Crippen LogP contribution in [-0.4, -0.2) is 43.3 Å². The SMILES string of the molecule is CC(C)=Cc1cc2c(cc1O)OCc1c(C(=O)N(C)C(C)(C)C)nn(-c3nccs3)c1-2. The number of ether oxygens (including phenoxy) is 1. The van der Waals surface area contributed by atoms with Crippen molar-refractivity contribution in [3.05, 3.63) is 46.1 Å². The zero-order chi connectivity index (χ0) is 22.5. The van der Waals surface area contributed by atoms with Gasteiger partial charge in [0.05, 0.1) is 5.69 Å². The largest absolute Gasteiger partial charge is 0.507 e. The molecule has 0 bridgehead atoms. The fraction of sp³-hybridized carbons (Fsp3) is 0.348. The molecule has 2 aromatic heterocycles. The van der Waals surface area contributed by atoms with E-state index in [1.54, 1.807) is 28.9 Å². The Bertz CT molecular complexity index is 1180. The van der Waals surface area contributed by atoms with Gasteiger partial charge in [0.1, 0.15) is 18.1 Å². The van der Waals surface area contributed by atoms with Crippen molar-refractivity contribution in [2.24, 2.45) is 0 Å². The molecule has 3 aromatic rings. The van der Waals surface area contributed by atoms with Gasteiger partial charge in [-0.1, -0.05) is 11.6 Å². The van der Waals surface area contributed by atoms with E-state index >= 15 is 0 Å². The van der Waals surface area contributed by atoms with Gasteiger partial charge in [-0.3, -0.25) is 4.79 Å². The van der Waals surface area contributed by atoms with Gasteiger partial charge in [-0.25, -0.2) is 9.67 Å². The smallest absolute Gasteiger partial charge is 0.274 e. The van der Waals surface area contributed by atoms with E-state index in [0.717, 1.165) is 22.4 Å². The number of phenolic OH excluding ortho intramolecular Hbond substituents is 1. The van der Waals surface area contributed by atoms with Gasteiger partial charge in [0.15, 0.2) is 5.69 Å². The van der Waals surface area contributed by atoms with E-state index in [1.807, 2.05) is 52.1 Å². The van der Waals surface area contributed by atoms with Gasteiger partial charge in [0.25, 0.3) is 5.91 Å². The summed E-state index contributed by atoms with van der Waals surface area (Å²) in [5.74, 6) is 0.527. The molecule has 3 heterocycles. The van der Waals surface area contributed by atoms with Crippen molar-refractivity contribution in [2.75, 3.05) is 7.05 Å². The molecule has 4 rings (SSSR count). The summed E-state index contributed by atoms with van der Waals surface area (Å²) < 4.78 is 7.67. The quantitative estimate of drug-likeness (QED) is 0.630. The number of hydrogen-bond acceptors (Lipinski definition) is 6. The summed E-state index contributed by atoms with van der Waals surface area (Å²) in [7, 11) is 1.78. The number of hydrogen-bond donors (Lipinski definition) is 1. The van der Waals surface area contributed by atoms with E-state index in [4.69, 9.17) is 9.84 Å². The van der Waals surface area contributed by atoms with Crippen LogP contribution in [0.2, 0.25) is 0 Å². The fourth-order valence-electron chi connectivity index (χ4n) is 3.42. The molecule has 0 radical (unpaired) electrons. The van der Waals surface area contributed by atoms with Crippen molar-refractivity contribution in [1.29, 1.82) is 0 Å². The molecule has 1 amide bonds. The van der Waals surface area contributed by atoms with Crippen molar-refractivity contribution in [3.63, 3.8) is 0 Å². The van der Waals surface area contributed by atoms with Gasteiger partial charge >= 0.3 is 0 Å². The number of carbonyl (C=O) groups is 1. The third-order valence-corrected chi connectivity index (χ3v) is 6.04. The van der Waals surface area contributed by atoms with Crippen molar-refractivity contribution in [1.82, 2.24) is 19.7 Å². The predicted octanol–water partition coefficient (Wildman–Crippen LogP) is 4.89. The van der Waals surface area contributed by atoms with Gasteiger partial charge in [0.2, 0.25) is 5.13 Å². The van der Waals surface area contributed by atoms with Crippen molar-refractivity contribution < 1.29 is 14.6 Å². The Balaban J connectivity index is 1.97. The van der Waals surface area contributed by atoms with E-state index in [-0.39, 0.29) is 23.8 Å². The lowest BCUT2D eigenvalue weighted by Gasteiger charge is -2.31. The van der Waals surface area contributed by atoms with Gasteiger partial charge < -0.3 is 14.7 Å². The molecule has 31 heavy (non-hydrogen) atoms. The van der Waals surface area contributed by atoms with Crippen LogP contribution in [0.25, 0.3) is 22.5 Å². The van der Waals surface area contributed by atoms with Crippen molar-refractivity contribution in [2.45, 2.75) is 46.8 Å². The molecule has 1 aliphatic heterocycles. The number of allylic oxidation sites excluding steroid dienone is 1. The fourth-order valence-corrected chi connectivity index (χ4v) is 4.02. The van der Waals surface area contributed by atoms with Crippen molar-refractivity contribution in [3.8, 4) is 27.9 Å². The average Bonchev–Trinajstić information content (AvgIpc) is 3.34. The monoisotopic (exact) mass is 438 g/mol. The molecule has 1 aliphatic rings. The molecule has 162 valence electrons. The second-order valence-corrected chi connectivity index (χ2v) is 9.73. The van der Waals surface area contributed by atoms with E-state index in [0.29, 0.717) is 22.1 Å². The molecule has 0 unspecified atom stereocenters. The Morgan fingerprint density at radius 1 is 1.32 bits per heavy atom. The van der Waals surface area contributed by atoms with Crippen LogP contribution < -0.4 is 4.74 Å². The number of aromatic hydroxyl groups is 1. The Morgan fingerprint density at radius 3 is 2.68 bits per heavy atom. The van der Waals surface area contributed by atoms with E-state index in [1.165, 1.54) is 11.3 Å². The molecule has 1 aromatic carbocycles. The Hall–Kier alpha value is -3.13. The number of benzene rings is 1. The van der Waals surface area contributed by atoms with E-state index in [2.05, 4.69) is 4.98 Å². The molecule has 0 saturated heterocycles. The molecular weight excluding hydrogens is 412 g/mol. The highest BCUT2D eigenvalue weighted by molar-refractivity contribution is 7.12. The highest BCUT2D eigenvalue weighted by Gasteiger charge is 2.34. The lowest BCUT2D eigenvalue weighted by Crippen LogP contribution is -2.43. The minimum absolute atomic E-state index is 0.146. The number of amides is 1. The van der Waals surface area contributed by atoms with E-state index in [9.17, 15) is 9.90 Å². The van der Waals surface area contributed by atoms with Crippen LogP contribution in [0.15, 0.2) is 29.3 Å². The topological polar surface area (TPSA) is 80.5 Å². The van der Waals surface area contributed by atoms with Crippen LogP contribution in [0, 0.1) is 0 Å². The molecular formula is C23H26N4O3S. The molecule has 0 saturated carbocycles. The summed E-state index contributed by atoms with van der Waals surface area (Å²) in [6.07, 6.45) is 3.62. The highest BCUT2D eigenvalue weighted by Crippen LogP contribution is 2.44. The van der Waals surface area contributed by atoms with Crippen LogP contribution in [0.5, 0.6) is 11.5 Å². The van der Waals surface area contributed by atoms with Crippen LogP contribution in [0.4, 0.5) is 0 Å². The second-order valence-electron chi connectivity index (χ2n) is 8.85. The van der Waals surface area contributed by atoms with Crippen LogP contribution >= 0.6 is 11.3 Å². The first kappa shape index (κ1) is 21.1. The van der Waals surface area contributed by atoms with Crippen molar-refractivity contribution >= 4 is 23.3 Å². The Morgan fingerprint density at radius 2 is 2.06 bits per heavy atom. The summed E-state index contributed by atoms with van der Waals surface area (Å²) >= 11 is 1.44. The Labute approximate surface area is 185 Å². The number of phenols is 1. The first-order valence-electron chi connectivity index (χ1n) is 10.0. The summed E-state index contributed by atoms with van der Waals surface area (Å²) in [4.78, 5) is 19.5. The number of aromatic nitrogens is 3. The number of carbonyl (C=O) groups excluding carboxylic acids is 1. The minimum atomic E-state index is -0.356. The maximum absolute atomic E-state index is 13.4. The lowest BCUT2D eigenvalue weighted by molar-refractivity contribution is 0.0646. The van der Waals surface area contributed by atoms with Crippen LogP contribution in [0.3, 0.4) is 0 Å². The van der Waals surface area contributed by atoms with Crippen LogP contribution in [-0.2, 0) is 6.61 Å². The van der Waals surface area contributed by atoms with Crippen LogP contribution in [0.1, 0.15) is 56.2 Å². The number of rotatable bonds is 3. The first-order valence-corrected chi connectivity index (χ1v) is 10.9. The van der Waals surface area contributed by atoms with Gasteiger partial charge in [-0.05, 0) is 40.7 Å². The first-order chi connectivity index (χ1) is 14.6. The summed E-state index contributed by atoms with van der Waals surface area (Å²) in [5.41, 5.74) is 4.00. The summed E-state index contributed by atoms with van der Waals surface area (Å²) in [5, 5.41) is 17.7. The average molecular weight is 439 g/mol. The number of fused-ring (bicyclic) bond motifs is 3. The standard InChI is InChI=1S/C23H26N4O3S/c1-13(2)9-14-10-15-18(11-17(14)28)30-12-16-19(21(29)26(6)23(3,4)5)25-27(20(15)16)22-24-7-8-31-22/h7-11,28H,12H2,1-6H3. The molecule has 8 heteroatoms. The van der Waals surface area contributed by atoms with Gasteiger partial charge in [-0.15, -0.1) is 11.3 Å². The van der Waals surface area contributed by atoms with Gasteiger partial charge in [0, 0.05) is 46.9 Å². The number of nitrogens with zero attached hydrogens (tertiary/aromatic N) is 4.